The fraction of sp³-hybridized carbons (Fsp3) is 0.800. The van der Waals surface area contributed by atoms with E-state index >= 15 is 0 Å². The van der Waals surface area contributed by atoms with Crippen LogP contribution in [0.3, 0.4) is 0 Å². The third kappa shape index (κ3) is 2.01. The Labute approximate surface area is 88.3 Å². The van der Waals surface area contributed by atoms with Crippen LogP contribution in [0.4, 0.5) is 0 Å². The average molecular weight is 213 g/mol. The van der Waals surface area contributed by atoms with Crippen LogP contribution in [0.2, 0.25) is 0 Å². The zero-order valence-corrected chi connectivity index (χ0v) is 9.18. The van der Waals surface area contributed by atoms with E-state index in [4.69, 9.17) is 4.74 Å². The summed E-state index contributed by atoms with van der Waals surface area (Å²) in [6, 6.07) is 0. The van der Waals surface area contributed by atoms with Crippen molar-refractivity contribution in [3.05, 3.63) is 0 Å². The number of carbonyl (C=O) groups excluding carboxylic acids is 1. The molecule has 0 saturated heterocycles. The summed E-state index contributed by atoms with van der Waals surface area (Å²) in [5, 5.41) is 0. The van der Waals surface area contributed by atoms with Crippen molar-refractivity contribution in [3.63, 3.8) is 0 Å². The minimum atomic E-state index is -0.734. The number of hydrogen-bond donors (Lipinski definition) is 0. The molecule has 1 saturated carbocycles. The van der Waals surface area contributed by atoms with Crippen molar-refractivity contribution >= 4 is 23.2 Å². The maximum Gasteiger partial charge on any atom is 0.288 e. The lowest BCUT2D eigenvalue weighted by molar-refractivity contribution is -0.136. The van der Waals surface area contributed by atoms with Crippen LogP contribution in [0.25, 0.3) is 0 Å². The van der Waals surface area contributed by atoms with Crippen LogP contribution in [0, 0.1) is 0 Å². The second-order valence-electron chi connectivity index (χ2n) is 3.98. The van der Waals surface area contributed by atoms with Crippen molar-refractivity contribution in [2.24, 2.45) is 4.99 Å². The number of amides is 1. The van der Waals surface area contributed by atoms with Gasteiger partial charge < -0.3 is 4.74 Å². The SMILES string of the molecule is CC1(OC2CCCCC2)SC=NC1=O. The highest BCUT2D eigenvalue weighted by atomic mass is 32.2. The summed E-state index contributed by atoms with van der Waals surface area (Å²) < 4.78 is 5.84. The standard InChI is InChI=1S/C10H15NO2S/c1-10(9(12)11-7-14-10)13-8-5-3-2-4-6-8/h7-8H,2-6H2,1H3. The van der Waals surface area contributed by atoms with E-state index in [1.807, 2.05) is 6.92 Å². The normalized spacial score (nSPS) is 33.9. The molecule has 0 radical (unpaired) electrons. The molecule has 0 spiro atoms. The fourth-order valence-corrected chi connectivity index (χ4v) is 2.62. The highest BCUT2D eigenvalue weighted by Gasteiger charge is 2.40. The first-order chi connectivity index (χ1) is 6.71. The van der Waals surface area contributed by atoms with E-state index in [0.29, 0.717) is 0 Å². The monoisotopic (exact) mass is 213 g/mol. The number of carbonyl (C=O) groups is 1. The molecule has 3 nitrogen and oxygen atoms in total. The van der Waals surface area contributed by atoms with Gasteiger partial charge in [-0.25, -0.2) is 4.99 Å². The molecule has 78 valence electrons. The zero-order valence-electron chi connectivity index (χ0n) is 8.36. The first kappa shape index (κ1) is 10.2. The molecule has 0 aromatic rings. The Balaban J connectivity index is 1.92. The Bertz CT molecular complexity index is 261. The first-order valence-corrected chi connectivity index (χ1v) is 6.01. The molecule has 2 rings (SSSR count). The van der Waals surface area contributed by atoms with Gasteiger partial charge in [-0.15, -0.1) is 0 Å². The van der Waals surface area contributed by atoms with Gasteiger partial charge in [-0.05, 0) is 19.8 Å². The number of aliphatic imine (C=N–C) groups is 1. The molecule has 4 heteroatoms. The third-order valence-corrected chi connectivity index (χ3v) is 3.71. The number of nitrogens with zero attached hydrogens (tertiary/aromatic N) is 1. The highest BCUT2D eigenvalue weighted by molar-refractivity contribution is 8.14. The van der Waals surface area contributed by atoms with Gasteiger partial charge in [-0.2, -0.15) is 0 Å². The molecule has 1 atom stereocenters. The minimum Gasteiger partial charge on any atom is -0.351 e. The summed E-state index contributed by atoms with van der Waals surface area (Å²) in [6.07, 6.45) is 6.17. The second kappa shape index (κ2) is 4.03. The summed E-state index contributed by atoms with van der Waals surface area (Å²) in [5.41, 5.74) is 1.59. The lowest BCUT2D eigenvalue weighted by atomic mass is 9.97. The molecule has 1 unspecified atom stereocenters. The van der Waals surface area contributed by atoms with Crippen LogP contribution in [0.5, 0.6) is 0 Å². The van der Waals surface area contributed by atoms with Crippen molar-refractivity contribution in [3.8, 4) is 0 Å². The van der Waals surface area contributed by atoms with E-state index in [9.17, 15) is 4.79 Å². The Kier molecular flexibility index (Phi) is 2.93. The molecule has 1 aliphatic heterocycles. The number of hydrogen-bond acceptors (Lipinski definition) is 3. The number of rotatable bonds is 2. The lowest BCUT2D eigenvalue weighted by Crippen LogP contribution is -2.36. The largest absolute Gasteiger partial charge is 0.351 e. The molecule has 14 heavy (non-hydrogen) atoms. The molecule has 1 amide bonds. The maximum absolute atomic E-state index is 11.4. The zero-order chi connectivity index (χ0) is 10.0. The lowest BCUT2D eigenvalue weighted by Gasteiger charge is -2.29. The average Bonchev–Trinajstić information content (AvgIpc) is 2.48. The van der Waals surface area contributed by atoms with Crippen molar-refractivity contribution in [1.29, 1.82) is 0 Å². The highest BCUT2D eigenvalue weighted by Crippen LogP contribution is 2.35. The molecule has 0 aromatic carbocycles. The van der Waals surface area contributed by atoms with E-state index in [-0.39, 0.29) is 12.0 Å². The Morgan fingerprint density at radius 2 is 2.21 bits per heavy atom. The van der Waals surface area contributed by atoms with Crippen LogP contribution < -0.4 is 0 Å². The molecule has 0 aromatic heterocycles. The van der Waals surface area contributed by atoms with Gasteiger partial charge in [-0.1, -0.05) is 31.0 Å². The fourth-order valence-electron chi connectivity index (χ4n) is 1.92. The molecule has 1 heterocycles. The molecular weight excluding hydrogens is 198 g/mol. The van der Waals surface area contributed by atoms with Crippen LogP contribution >= 0.6 is 11.8 Å². The summed E-state index contributed by atoms with van der Waals surface area (Å²) in [4.78, 5) is 14.4. The van der Waals surface area contributed by atoms with Gasteiger partial charge in [-0.3, -0.25) is 4.79 Å². The molecule has 2 aliphatic rings. The summed E-state index contributed by atoms with van der Waals surface area (Å²) in [6.45, 7) is 1.82. The smallest absolute Gasteiger partial charge is 0.288 e. The summed E-state index contributed by atoms with van der Waals surface area (Å²) in [5.74, 6) is -0.145. The predicted molar refractivity (Wildman–Crippen MR) is 57.5 cm³/mol. The summed E-state index contributed by atoms with van der Waals surface area (Å²) in [7, 11) is 0. The first-order valence-electron chi connectivity index (χ1n) is 5.13. The second-order valence-corrected chi connectivity index (χ2v) is 5.21. The van der Waals surface area contributed by atoms with Crippen molar-refractivity contribution in [2.45, 2.75) is 50.1 Å². The van der Waals surface area contributed by atoms with Gasteiger partial charge in [0, 0.05) is 0 Å². The summed E-state index contributed by atoms with van der Waals surface area (Å²) >= 11 is 1.38. The van der Waals surface area contributed by atoms with Crippen molar-refractivity contribution in [2.75, 3.05) is 0 Å². The van der Waals surface area contributed by atoms with Crippen LogP contribution in [0.1, 0.15) is 39.0 Å². The van der Waals surface area contributed by atoms with E-state index in [0.717, 1.165) is 12.8 Å². The van der Waals surface area contributed by atoms with Gasteiger partial charge in [0.05, 0.1) is 11.7 Å². The van der Waals surface area contributed by atoms with Gasteiger partial charge in [0.2, 0.25) is 0 Å². The minimum absolute atomic E-state index is 0.145. The van der Waals surface area contributed by atoms with Gasteiger partial charge in [0.1, 0.15) is 0 Å². The molecule has 0 bridgehead atoms. The third-order valence-electron chi connectivity index (χ3n) is 2.78. The predicted octanol–water partition coefficient (Wildman–Crippen LogP) is 2.35. The topological polar surface area (TPSA) is 38.7 Å². The maximum atomic E-state index is 11.4. The van der Waals surface area contributed by atoms with Crippen molar-refractivity contribution < 1.29 is 9.53 Å². The molecule has 1 aliphatic carbocycles. The van der Waals surface area contributed by atoms with E-state index in [1.54, 1.807) is 5.55 Å². The Morgan fingerprint density at radius 3 is 2.79 bits per heavy atom. The van der Waals surface area contributed by atoms with Crippen LogP contribution in [0.15, 0.2) is 4.99 Å². The van der Waals surface area contributed by atoms with E-state index in [2.05, 4.69) is 4.99 Å². The van der Waals surface area contributed by atoms with Crippen LogP contribution in [-0.4, -0.2) is 22.5 Å². The van der Waals surface area contributed by atoms with Crippen LogP contribution in [-0.2, 0) is 9.53 Å². The van der Waals surface area contributed by atoms with Gasteiger partial charge >= 0.3 is 0 Å². The van der Waals surface area contributed by atoms with E-state index in [1.165, 1.54) is 31.0 Å². The Morgan fingerprint density at radius 1 is 1.50 bits per heavy atom. The Hall–Kier alpha value is -0.350. The molecule has 0 N–H and O–H groups in total. The number of thioether (sulfide) groups is 1. The van der Waals surface area contributed by atoms with Crippen molar-refractivity contribution in [1.82, 2.24) is 0 Å². The quantitative estimate of drug-likeness (QED) is 0.706. The number of ether oxygens (including phenoxy) is 1. The van der Waals surface area contributed by atoms with Gasteiger partial charge in [0.25, 0.3) is 5.91 Å². The van der Waals surface area contributed by atoms with E-state index < -0.39 is 4.93 Å². The molecule has 1 fully saturated rings. The molecular formula is C10H15NO2S. The van der Waals surface area contributed by atoms with Gasteiger partial charge in [0.15, 0.2) is 4.93 Å².